The number of esters is 1. The summed E-state index contributed by atoms with van der Waals surface area (Å²) in [5.41, 5.74) is 8.11. The van der Waals surface area contributed by atoms with E-state index in [0.29, 0.717) is 60.2 Å². The second kappa shape index (κ2) is 14.1. The first kappa shape index (κ1) is 32.1. The number of benzene rings is 3. The maximum atomic E-state index is 13.7. The summed E-state index contributed by atoms with van der Waals surface area (Å²) in [5.74, 6) is 1.07. The Morgan fingerprint density at radius 3 is 2.37 bits per heavy atom. The first-order valence-corrected chi connectivity index (χ1v) is 15.2. The minimum absolute atomic E-state index is 0.0303. The number of alkyl halides is 1. The fourth-order valence-corrected chi connectivity index (χ4v) is 5.59. The minimum atomic E-state index is -0.763. The van der Waals surface area contributed by atoms with Gasteiger partial charge < -0.3 is 19.9 Å². The van der Waals surface area contributed by atoms with Crippen LogP contribution in [-0.4, -0.2) is 35.2 Å². The molecule has 1 amide bonds. The molecule has 4 rings (SSSR count). The predicted octanol–water partition coefficient (Wildman–Crippen LogP) is 6.70. The summed E-state index contributed by atoms with van der Waals surface area (Å²) in [4.78, 5) is 37.7. The zero-order valence-corrected chi connectivity index (χ0v) is 26.0. The van der Waals surface area contributed by atoms with E-state index in [1.165, 1.54) is 0 Å². The highest BCUT2D eigenvalue weighted by Gasteiger charge is 2.42. The number of Topliss-reactive ketones (excluding diaryl/α,β-unsaturated/α-hetero) is 1. The molecule has 0 saturated heterocycles. The van der Waals surface area contributed by atoms with Crippen molar-refractivity contribution in [2.24, 2.45) is 11.7 Å². The number of hydrogen-bond acceptors (Lipinski definition) is 6. The van der Waals surface area contributed by atoms with Crippen molar-refractivity contribution in [3.63, 3.8) is 0 Å². The number of halogens is 1. The zero-order valence-electron chi connectivity index (χ0n) is 25.3. The third-order valence-corrected chi connectivity index (χ3v) is 8.18. The Kier molecular flexibility index (Phi) is 10.5. The second-order valence-electron chi connectivity index (χ2n) is 11.8. The standard InChI is InChI=1S/C35H40ClNO6/c1-22(2)14-15-35(16-17-41-27-12-10-26(11-13-27)19-28(36)34(37)40)21-29(38)32-24(4)33(23(3)18-30(32)43-35)42-31(39)20-25-8-6-5-7-9-25/h5-13,18,22,28H,14-17,19-21H2,1-4H3,(H2,37,40). The molecule has 3 aromatic rings. The van der Waals surface area contributed by atoms with Crippen LogP contribution in [0.1, 0.15) is 72.1 Å². The average molecular weight is 606 g/mol. The summed E-state index contributed by atoms with van der Waals surface area (Å²) < 4.78 is 18.5. The molecule has 1 aliphatic rings. The van der Waals surface area contributed by atoms with Gasteiger partial charge in [-0.3, -0.25) is 14.4 Å². The van der Waals surface area contributed by atoms with E-state index in [2.05, 4.69) is 13.8 Å². The molecule has 0 bridgehead atoms. The van der Waals surface area contributed by atoms with Gasteiger partial charge in [-0.1, -0.05) is 56.3 Å². The molecule has 2 atom stereocenters. The SMILES string of the molecule is Cc1cc2c(c(C)c1OC(=O)Cc1ccccc1)C(=O)CC(CCOc1ccc(CC(Cl)C(N)=O)cc1)(CCC(C)C)O2. The molecule has 8 heteroatoms. The van der Waals surface area contributed by atoms with Crippen molar-refractivity contribution in [2.45, 2.75) is 77.2 Å². The molecule has 1 heterocycles. The Labute approximate surface area is 258 Å². The van der Waals surface area contributed by atoms with Gasteiger partial charge in [-0.2, -0.15) is 0 Å². The van der Waals surface area contributed by atoms with E-state index >= 15 is 0 Å². The molecule has 7 nitrogen and oxygen atoms in total. The molecule has 0 saturated carbocycles. The van der Waals surface area contributed by atoms with E-state index in [1.807, 2.05) is 74.5 Å². The van der Waals surface area contributed by atoms with Crippen molar-refractivity contribution in [1.29, 1.82) is 0 Å². The largest absolute Gasteiger partial charge is 0.493 e. The molecular formula is C35H40ClNO6. The predicted molar refractivity (Wildman–Crippen MR) is 167 cm³/mol. The number of carbonyl (C=O) groups is 3. The van der Waals surface area contributed by atoms with Gasteiger partial charge in [-0.05, 0) is 73.9 Å². The van der Waals surface area contributed by atoms with Gasteiger partial charge in [0.2, 0.25) is 5.91 Å². The second-order valence-corrected chi connectivity index (χ2v) is 12.3. The van der Waals surface area contributed by atoms with Crippen LogP contribution in [0.4, 0.5) is 0 Å². The van der Waals surface area contributed by atoms with E-state index in [-0.39, 0.29) is 24.6 Å². The van der Waals surface area contributed by atoms with Crippen LogP contribution in [0.25, 0.3) is 0 Å². The normalized spacial score (nSPS) is 16.7. The molecule has 0 spiro atoms. The van der Waals surface area contributed by atoms with Crippen LogP contribution in [0.3, 0.4) is 0 Å². The number of amides is 1. The smallest absolute Gasteiger partial charge is 0.315 e. The van der Waals surface area contributed by atoms with Crippen molar-refractivity contribution in [3.8, 4) is 17.2 Å². The summed E-state index contributed by atoms with van der Waals surface area (Å²) in [6, 6.07) is 18.6. The summed E-state index contributed by atoms with van der Waals surface area (Å²) in [7, 11) is 0. The van der Waals surface area contributed by atoms with Crippen LogP contribution in [0.2, 0.25) is 0 Å². The lowest BCUT2D eigenvalue weighted by molar-refractivity contribution is -0.133. The van der Waals surface area contributed by atoms with Gasteiger partial charge in [-0.15, -0.1) is 11.6 Å². The first-order chi connectivity index (χ1) is 20.5. The number of aryl methyl sites for hydroxylation is 1. The molecule has 228 valence electrons. The van der Waals surface area contributed by atoms with Crippen LogP contribution in [0, 0.1) is 19.8 Å². The Morgan fingerprint density at radius 2 is 1.72 bits per heavy atom. The number of rotatable bonds is 13. The molecule has 0 radical (unpaired) electrons. The van der Waals surface area contributed by atoms with Gasteiger partial charge in [0.15, 0.2) is 5.78 Å². The lowest BCUT2D eigenvalue weighted by Crippen LogP contribution is -2.44. The van der Waals surface area contributed by atoms with Crippen LogP contribution < -0.4 is 19.9 Å². The van der Waals surface area contributed by atoms with Crippen molar-refractivity contribution >= 4 is 29.3 Å². The van der Waals surface area contributed by atoms with E-state index in [4.69, 9.17) is 31.5 Å². The quantitative estimate of drug-likeness (QED) is 0.132. The fraction of sp³-hybridized carbons (Fsp3) is 0.400. The molecular weight excluding hydrogens is 566 g/mol. The highest BCUT2D eigenvalue weighted by Crippen LogP contribution is 2.44. The highest BCUT2D eigenvalue weighted by molar-refractivity contribution is 6.30. The molecule has 2 N–H and O–H groups in total. The van der Waals surface area contributed by atoms with Crippen molar-refractivity contribution in [2.75, 3.05) is 6.61 Å². The fourth-order valence-electron chi connectivity index (χ4n) is 5.42. The van der Waals surface area contributed by atoms with Gasteiger partial charge in [0.1, 0.15) is 28.2 Å². The van der Waals surface area contributed by atoms with E-state index in [0.717, 1.165) is 23.1 Å². The van der Waals surface area contributed by atoms with Gasteiger partial charge >= 0.3 is 5.97 Å². The van der Waals surface area contributed by atoms with Crippen molar-refractivity contribution in [1.82, 2.24) is 0 Å². The van der Waals surface area contributed by atoms with Gasteiger partial charge in [0.25, 0.3) is 0 Å². The topological polar surface area (TPSA) is 105 Å². The average Bonchev–Trinajstić information content (AvgIpc) is 2.95. The maximum Gasteiger partial charge on any atom is 0.315 e. The summed E-state index contributed by atoms with van der Waals surface area (Å²) in [6.45, 7) is 8.32. The minimum Gasteiger partial charge on any atom is -0.493 e. The number of carbonyl (C=O) groups excluding carboxylic acids is 3. The number of fused-ring (bicyclic) bond motifs is 1. The summed E-state index contributed by atoms with van der Waals surface area (Å²) >= 11 is 5.99. The van der Waals surface area contributed by atoms with Crippen LogP contribution in [0.5, 0.6) is 17.2 Å². The molecule has 43 heavy (non-hydrogen) atoms. The molecule has 3 aromatic carbocycles. The molecule has 2 unspecified atom stereocenters. The van der Waals surface area contributed by atoms with Gasteiger partial charge in [0.05, 0.1) is 25.0 Å². The number of nitrogens with two attached hydrogens (primary N) is 1. The number of hydrogen-bond donors (Lipinski definition) is 1. The van der Waals surface area contributed by atoms with Gasteiger partial charge in [0, 0.05) is 12.0 Å². The van der Waals surface area contributed by atoms with E-state index in [1.54, 1.807) is 0 Å². The van der Waals surface area contributed by atoms with Crippen molar-refractivity contribution < 1.29 is 28.6 Å². The third-order valence-electron chi connectivity index (χ3n) is 7.81. The molecule has 0 fully saturated rings. The Morgan fingerprint density at radius 1 is 1.02 bits per heavy atom. The monoisotopic (exact) mass is 605 g/mol. The van der Waals surface area contributed by atoms with Crippen molar-refractivity contribution in [3.05, 3.63) is 88.5 Å². The zero-order chi connectivity index (χ0) is 31.1. The first-order valence-electron chi connectivity index (χ1n) is 14.7. The van der Waals surface area contributed by atoms with Gasteiger partial charge in [-0.25, -0.2) is 0 Å². The molecule has 0 aliphatic carbocycles. The number of ether oxygens (including phenoxy) is 3. The van der Waals surface area contributed by atoms with Crippen LogP contribution in [0.15, 0.2) is 60.7 Å². The van der Waals surface area contributed by atoms with E-state index in [9.17, 15) is 14.4 Å². The van der Waals surface area contributed by atoms with E-state index < -0.39 is 16.9 Å². The Bertz CT molecular complexity index is 1450. The summed E-state index contributed by atoms with van der Waals surface area (Å²) in [5, 5.41) is -0.763. The maximum absolute atomic E-state index is 13.7. The van der Waals surface area contributed by atoms with Crippen LogP contribution in [-0.2, 0) is 22.4 Å². The van der Waals surface area contributed by atoms with Crippen LogP contribution >= 0.6 is 11.6 Å². The Hall–Kier alpha value is -3.84. The lowest BCUT2D eigenvalue weighted by atomic mass is 9.81. The highest BCUT2D eigenvalue weighted by atomic mass is 35.5. The molecule has 1 aliphatic heterocycles. The summed E-state index contributed by atoms with van der Waals surface area (Å²) in [6.07, 6.45) is 2.81. The third kappa shape index (κ3) is 8.38. The molecule has 0 aromatic heterocycles. The number of ketones is 1. The Balaban J connectivity index is 1.48. The lowest BCUT2D eigenvalue weighted by Gasteiger charge is -2.39. The number of primary amides is 1.